The summed E-state index contributed by atoms with van der Waals surface area (Å²) in [4.78, 5) is 34.1. The molecule has 1 aromatic heterocycles. The molecule has 26 heavy (non-hydrogen) atoms. The van der Waals surface area contributed by atoms with E-state index in [-0.39, 0.29) is 17.7 Å². The molecule has 0 aliphatic carbocycles. The SMILES string of the molecule is O=C(Nc1ccc(CN2CCOC2=O)cc1)c1cnc2ccccc2n1. The van der Waals surface area contributed by atoms with Crippen molar-refractivity contribution in [3.8, 4) is 0 Å². The zero-order chi connectivity index (χ0) is 17.9. The summed E-state index contributed by atoms with van der Waals surface area (Å²) in [6, 6.07) is 14.7. The van der Waals surface area contributed by atoms with Gasteiger partial charge in [-0.05, 0) is 29.8 Å². The number of hydrogen-bond acceptors (Lipinski definition) is 5. The molecule has 1 N–H and O–H groups in total. The lowest BCUT2D eigenvalue weighted by molar-refractivity contribution is 0.102. The minimum atomic E-state index is -0.320. The van der Waals surface area contributed by atoms with Crippen molar-refractivity contribution in [3.63, 3.8) is 0 Å². The Morgan fingerprint density at radius 2 is 1.88 bits per heavy atom. The third-order valence-electron chi connectivity index (χ3n) is 4.11. The zero-order valence-corrected chi connectivity index (χ0v) is 13.9. The summed E-state index contributed by atoms with van der Waals surface area (Å²) < 4.78 is 4.91. The highest BCUT2D eigenvalue weighted by atomic mass is 16.6. The minimum absolute atomic E-state index is 0.257. The molecule has 1 aliphatic rings. The number of nitrogens with one attached hydrogen (secondary N) is 1. The van der Waals surface area contributed by atoms with Crippen LogP contribution in [0.25, 0.3) is 11.0 Å². The van der Waals surface area contributed by atoms with Crippen LogP contribution in [0.3, 0.4) is 0 Å². The summed E-state index contributed by atoms with van der Waals surface area (Å²) in [5.41, 5.74) is 3.29. The summed E-state index contributed by atoms with van der Waals surface area (Å²) in [5, 5.41) is 2.81. The second-order valence-corrected chi connectivity index (χ2v) is 5.93. The van der Waals surface area contributed by atoms with Crippen LogP contribution in [-0.4, -0.2) is 40.0 Å². The van der Waals surface area contributed by atoms with Crippen molar-refractivity contribution < 1.29 is 14.3 Å². The maximum Gasteiger partial charge on any atom is 0.410 e. The van der Waals surface area contributed by atoms with Crippen LogP contribution < -0.4 is 5.32 Å². The summed E-state index contributed by atoms with van der Waals surface area (Å²) in [6.07, 6.45) is 1.17. The van der Waals surface area contributed by atoms with E-state index >= 15 is 0 Å². The van der Waals surface area contributed by atoms with Crippen molar-refractivity contribution in [1.82, 2.24) is 14.9 Å². The molecule has 0 radical (unpaired) electrons. The van der Waals surface area contributed by atoms with E-state index in [4.69, 9.17) is 4.74 Å². The number of aromatic nitrogens is 2. The monoisotopic (exact) mass is 348 g/mol. The van der Waals surface area contributed by atoms with E-state index in [0.717, 1.165) is 11.1 Å². The number of amides is 2. The highest BCUT2D eigenvalue weighted by molar-refractivity contribution is 6.03. The molecule has 0 saturated carbocycles. The van der Waals surface area contributed by atoms with Crippen LogP contribution in [0.2, 0.25) is 0 Å². The molecule has 0 spiro atoms. The number of cyclic esters (lactones) is 1. The molecule has 130 valence electrons. The first-order valence-corrected chi connectivity index (χ1v) is 8.23. The van der Waals surface area contributed by atoms with Crippen molar-refractivity contribution in [2.45, 2.75) is 6.54 Å². The Hall–Kier alpha value is -3.48. The van der Waals surface area contributed by atoms with E-state index in [1.165, 1.54) is 6.20 Å². The van der Waals surface area contributed by atoms with Gasteiger partial charge < -0.3 is 15.0 Å². The molecule has 2 aromatic carbocycles. The molecule has 7 heteroatoms. The van der Waals surface area contributed by atoms with Gasteiger partial charge >= 0.3 is 6.09 Å². The highest BCUT2D eigenvalue weighted by Gasteiger charge is 2.21. The fourth-order valence-corrected chi connectivity index (χ4v) is 2.74. The number of para-hydroxylation sites is 2. The smallest absolute Gasteiger partial charge is 0.410 e. The number of carbonyl (C=O) groups is 2. The quantitative estimate of drug-likeness (QED) is 0.784. The number of carbonyl (C=O) groups excluding carboxylic acids is 2. The second-order valence-electron chi connectivity index (χ2n) is 5.93. The van der Waals surface area contributed by atoms with Gasteiger partial charge in [0.25, 0.3) is 5.91 Å². The van der Waals surface area contributed by atoms with E-state index in [0.29, 0.717) is 30.9 Å². The molecule has 1 aliphatic heterocycles. The normalized spacial score (nSPS) is 13.7. The third-order valence-corrected chi connectivity index (χ3v) is 4.11. The van der Waals surface area contributed by atoms with Crippen LogP contribution in [0.4, 0.5) is 10.5 Å². The molecular weight excluding hydrogens is 332 g/mol. The van der Waals surface area contributed by atoms with Gasteiger partial charge in [0.15, 0.2) is 0 Å². The first-order valence-electron chi connectivity index (χ1n) is 8.23. The van der Waals surface area contributed by atoms with E-state index in [9.17, 15) is 9.59 Å². The van der Waals surface area contributed by atoms with Gasteiger partial charge in [-0.25, -0.2) is 9.78 Å². The van der Waals surface area contributed by atoms with Gasteiger partial charge in [-0.2, -0.15) is 0 Å². The lowest BCUT2D eigenvalue weighted by atomic mass is 10.2. The number of benzene rings is 2. The Morgan fingerprint density at radius 3 is 2.62 bits per heavy atom. The first-order chi connectivity index (χ1) is 12.7. The Bertz CT molecular complexity index is 972. The van der Waals surface area contributed by atoms with Gasteiger partial charge in [0.2, 0.25) is 0 Å². The number of nitrogens with zero attached hydrogens (tertiary/aromatic N) is 3. The Kier molecular flexibility index (Phi) is 4.18. The van der Waals surface area contributed by atoms with Crippen molar-refractivity contribution in [2.75, 3.05) is 18.5 Å². The predicted octanol–water partition coefficient (Wildman–Crippen LogP) is 2.83. The zero-order valence-electron chi connectivity index (χ0n) is 13.9. The Morgan fingerprint density at radius 1 is 1.12 bits per heavy atom. The standard InChI is InChI=1S/C19H16N4O3/c24-18(17-11-20-15-3-1-2-4-16(15)22-17)21-14-7-5-13(6-8-14)12-23-9-10-26-19(23)25/h1-8,11H,9-10,12H2,(H,21,24). The summed E-state index contributed by atoms with van der Waals surface area (Å²) in [5.74, 6) is -0.320. The molecule has 0 unspecified atom stereocenters. The number of fused-ring (bicyclic) bond motifs is 1. The number of anilines is 1. The Balaban J connectivity index is 1.44. The molecule has 2 heterocycles. The van der Waals surface area contributed by atoms with E-state index in [1.54, 1.807) is 17.0 Å². The predicted molar refractivity (Wildman–Crippen MR) is 95.7 cm³/mol. The number of rotatable bonds is 4. The van der Waals surface area contributed by atoms with Crippen LogP contribution in [0.5, 0.6) is 0 Å². The molecule has 0 bridgehead atoms. The molecule has 1 saturated heterocycles. The lowest BCUT2D eigenvalue weighted by Crippen LogP contribution is -2.23. The van der Waals surface area contributed by atoms with Gasteiger partial charge in [-0.15, -0.1) is 0 Å². The minimum Gasteiger partial charge on any atom is -0.448 e. The molecular formula is C19H16N4O3. The van der Waals surface area contributed by atoms with Crippen LogP contribution in [-0.2, 0) is 11.3 Å². The van der Waals surface area contributed by atoms with Gasteiger partial charge in [-0.1, -0.05) is 24.3 Å². The fraction of sp³-hybridized carbons (Fsp3) is 0.158. The second kappa shape index (κ2) is 6.79. The lowest BCUT2D eigenvalue weighted by Gasteiger charge is -2.13. The molecule has 0 atom stereocenters. The van der Waals surface area contributed by atoms with Crippen molar-refractivity contribution >= 4 is 28.7 Å². The van der Waals surface area contributed by atoms with Crippen LogP contribution in [0, 0.1) is 0 Å². The third kappa shape index (κ3) is 3.32. The van der Waals surface area contributed by atoms with Gasteiger partial charge in [-0.3, -0.25) is 9.78 Å². The maximum absolute atomic E-state index is 12.4. The van der Waals surface area contributed by atoms with E-state index in [1.807, 2.05) is 36.4 Å². The van der Waals surface area contributed by atoms with Crippen molar-refractivity contribution in [3.05, 3.63) is 66.0 Å². The maximum atomic E-state index is 12.4. The number of ether oxygens (including phenoxy) is 1. The summed E-state index contributed by atoms with van der Waals surface area (Å²) >= 11 is 0. The number of hydrogen-bond donors (Lipinski definition) is 1. The van der Waals surface area contributed by atoms with Crippen LogP contribution in [0.15, 0.2) is 54.7 Å². The first kappa shape index (κ1) is 16.0. The van der Waals surface area contributed by atoms with Crippen molar-refractivity contribution in [1.29, 1.82) is 0 Å². The van der Waals surface area contributed by atoms with E-state index < -0.39 is 0 Å². The van der Waals surface area contributed by atoms with E-state index in [2.05, 4.69) is 15.3 Å². The largest absolute Gasteiger partial charge is 0.448 e. The molecule has 4 rings (SSSR count). The molecule has 1 fully saturated rings. The van der Waals surface area contributed by atoms with Gasteiger partial charge in [0.1, 0.15) is 12.3 Å². The topological polar surface area (TPSA) is 84.4 Å². The summed E-state index contributed by atoms with van der Waals surface area (Å²) in [7, 11) is 0. The Labute approximate surface area is 149 Å². The van der Waals surface area contributed by atoms with Crippen LogP contribution in [0.1, 0.15) is 16.1 Å². The fourth-order valence-electron chi connectivity index (χ4n) is 2.74. The molecule has 7 nitrogen and oxygen atoms in total. The average Bonchev–Trinajstić information content (AvgIpc) is 3.07. The average molecular weight is 348 g/mol. The summed E-state index contributed by atoms with van der Waals surface area (Å²) in [6.45, 7) is 1.51. The molecule has 3 aromatic rings. The van der Waals surface area contributed by atoms with Gasteiger partial charge in [0.05, 0.1) is 23.8 Å². The van der Waals surface area contributed by atoms with Crippen LogP contribution >= 0.6 is 0 Å². The van der Waals surface area contributed by atoms with Gasteiger partial charge in [0, 0.05) is 12.2 Å². The van der Waals surface area contributed by atoms with Crippen molar-refractivity contribution in [2.24, 2.45) is 0 Å². The molecule has 2 amide bonds. The highest BCUT2D eigenvalue weighted by Crippen LogP contribution is 2.15.